The van der Waals surface area contributed by atoms with Gasteiger partial charge in [-0.25, -0.2) is 0 Å². The van der Waals surface area contributed by atoms with Crippen LogP contribution >= 0.6 is 0 Å². The van der Waals surface area contributed by atoms with Crippen molar-refractivity contribution in [2.45, 2.75) is 44.6 Å². The van der Waals surface area contributed by atoms with Gasteiger partial charge in [-0.2, -0.15) is 0 Å². The molecule has 2 aliphatic carbocycles. The molecule has 7 heteroatoms. The first-order valence-corrected chi connectivity index (χ1v) is 12.8. The minimum Gasteiger partial charge on any atom is -0.496 e. The molecule has 1 N–H and O–H groups in total. The molecule has 38 heavy (non-hydrogen) atoms. The lowest BCUT2D eigenvalue weighted by molar-refractivity contribution is -0.145. The molecule has 3 atom stereocenters. The molecule has 0 saturated heterocycles. The van der Waals surface area contributed by atoms with Gasteiger partial charge in [-0.3, -0.25) is 4.79 Å². The Morgan fingerprint density at radius 1 is 0.868 bits per heavy atom. The van der Waals surface area contributed by atoms with Crippen LogP contribution in [-0.2, 0) is 24.1 Å². The zero-order valence-corrected chi connectivity index (χ0v) is 22.7. The minimum absolute atomic E-state index is 0.331. The predicted molar refractivity (Wildman–Crippen MR) is 144 cm³/mol. The minimum atomic E-state index is -1.44. The van der Waals surface area contributed by atoms with E-state index in [2.05, 4.69) is 0 Å². The molecule has 2 aliphatic rings. The predicted octanol–water partition coefficient (Wildman–Crippen LogP) is 5.12. The highest BCUT2D eigenvalue weighted by Crippen LogP contribution is 2.57. The third-order valence-corrected chi connectivity index (χ3v) is 8.13. The fourth-order valence-corrected chi connectivity index (χ4v) is 5.87. The number of fused-ring (bicyclic) bond motifs is 4. The van der Waals surface area contributed by atoms with Crippen LogP contribution < -0.4 is 23.7 Å². The average molecular weight is 519 g/mol. The first-order valence-electron chi connectivity index (χ1n) is 12.8. The van der Waals surface area contributed by atoms with Gasteiger partial charge < -0.3 is 28.8 Å². The number of benzene rings is 3. The summed E-state index contributed by atoms with van der Waals surface area (Å²) in [6.45, 7) is 3.66. The third kappa shape index (κ3) is 3.97. The fourth-order valence-electron chi connectivity index (χ4n) is 5.87. The van der Waals surface area contributed by atoms with E-state index >= 15 is 0 Å². The quantitative estimate of drug-likeness (QED) is 0.358. The molecule has 200 valence electrons. The van der Waals surface area contributed by atoms with E-state index in [0.29, 0.717) is 46.3 Å². The van der Waals surface area contributed by atoms with Crippen molar-refractivity contribution in [1.29, 1.82) is 0 Å². The number of ether oxygens (including phenoxy) is 5. The van der Waals surface area contributed by atoms with E-state index in [1.807, 2.05) is 37.3 Å². The summed E-state index contributed by atoms with van der Waals surface area (Å²) in [4.78, 5) is 14.0. The standard InChI is InChI=1S/C31H34O7/c1-17-14-19-16-23(34-3)28(36-5)29(37-6)24(19)25-22(15-18-12-13-21(18)27(25)35-4)26(31(17,2)33)30(32)38-20-10-8-7-9-11-20/h7-11,15-17,26,33H,12-14H2,1-6H3/t17-,26-,31-/m0/s1. The zero-order valence-electron chi connectivity index (χ0n) is 22.7. The van der Waals surface area contributed by atoms with Crippen molar-refractivity contribution in [2.75, 3.05) is 28.4 Å². The second kappa shape index (κ2) is 9.87. The summed E-state index contributed by atoms with van der Waals surface area (Å²) in [5, 5.41) is 12.1. The Bertz CT molecular complexity index is 1380. The Labute approximate surface area is 223 Å². The van der Waals surface area contributed by atoms with Crippen LogP contribution in [0.4, 0.5) is 0 Å². The van der Waals surface area contributed by atoms with Crippen molar-refractivity contribution in [2.24, 2.45) is 5.92 Å². The van der Waals surface area contributed by atoms with E-state index in [1.165, 1.54) is 0 Å². The second-order valence-electron chi connectivity index (χ2n) is 10.2. The van der Waals surface area contributed by atoms with Crippen LogP contribution in [0.3, 0.4) is 0 Å². The molecule has 0 amide bonds. The second-order valence-corrected chi connectivity index (χ2v) is 10.2. The number of methoxy groups -OCH3 is 4. The molecule has 0 fully saturated rings. The monoisotopic (exact) mass is 518 g/mol. The molecule has 0 radical (unpaired) electrons. The lowest BCUT2D eigenvalue weighted by atomic mass is 9.67. The van der Waals surface area contributed by atoms with Gasteiger partial charge in [0.15, 0.2) is 11.5 Å². The summed E-state index contributed by atoms with van der Waals surface area (Å²) >= 11 is 0. The molecule has 0 spiro atoms. The highest BCUT2D eigenvalue weighted by atomic mass is 16.5. The van der Waals surface area contributed by atoms with Crippen LogP contribution in [0, 0.1) is 5.92 Å². The van der Waals surface area contributed by atoms with Crippen molar-refractivity contribution >= 4 is 5.97 Å². The van der Waals surface area contributed by atoms with E-state index < -0.39 is 17.5 Å². The molecule has 3 aromatic rings. The van der Waals surface area contributed by atoms with Gasteiger partial charge in [0.1, 0.15) is 17.4 Å². The molecule has 0 saturated carbocycles. The Hall–Kier alpha value is -3.71. The van der Waals surface area contributed by atoms with Crippen molar-refractivity contribution in [1.82, 2.24) is 0 Å². The van der Waals surface area contributed by atoms with Crippen LogP contribution in [-0.4, -0.2) is 45.1 Å². The SMILES string of the molecule is COc1cc2c(c(OC)c1OC)-c1c(cc3c(c1OC)CC3)[C@@H](C(=O)Oc1ccccc1)[C@@](C)(O)[C@@H](C)C2. The number of hydrogen-bond acceptors (Lipinski definition) is 7. The van der Waals surface area contributed by atoms with E-state index in [0.717, 1.165) is 35.1 Å². The number of para-hydroxylation sites is 1. The van der Waals surface area contributed by atoms with Crippen LogP contribution in [0.15, 0.2) is 42.5 Å². The molecule has 0 heterocycles. The summed E-state index contributed by atoms with van der Waals surface area (Å²) in [5.74, 6) is 0.722. The number of hydrogen-bond donors (Lipinski definition) is 1. The lowest BCUT2D eigenvalue weighted by Gasteiger charge is -2.41. The van der Waals surface area contributed by atoms with Crippen LogP contribution in [0.1, 0.15) is 42.0 Å². The van der Waals surface area contributed by atoms with Gasteiger partial charge in [0.05, 0.1) is 34.0 Å². The van der Waals surface area contributed by atoms with E-state index in [1.54, 1.807) is 47.5 Å². The highest BCUT2D eigenvalue weighted by molar-refractivity contribution is 5.93. The first-order chi connectivity index (χ1) is 18.3. The first kappa shape index (κ1) is 25.9. The van der Waals surface area contributed by atoms with Crippen molar-refractivity contribution in [3.63, 3.8) is 0 Å². The summed E-state index contributed by atoms with van der Waals surface area (Å²) in [7, 11) is 6.38. The average Bonchev–Trinajstić information content (AvgIpc) is 2.89. The number of esters is 1. The smallest absolute Gasteiger partial charge is 0.321 e. The Balaban J connectivity index is 1.86. The van der Waals surface area contributed by atoms with Gasteiger partial charge in [0, 0.05) is 11.1 Å². The van der Waals surface area contributed by atoms with E-state index in [-0.39, 0.29) is 5.92 Å². The molecule has 0 bridgehead atoms. The summed E-state index contributed by atoms with van der Waals surface area (Å²) in [5.41, 5.74) is 3.78. The van der Waals surface area contributed by atoms with Crippen LogP contribution in [0.25, 0.3) is 11.1 Å². The number of carbonyl (C=O) groups is 1. The van der Waals surface area contributed by atoms with Gasteiger partial charge in [-0.1, -0.05) is 31.2 Å². The lowest BCUT2D eigenvalue weighted by Crippen LogP contribution is -2.46. The number of aryl methyl sites for hydroxylation is 1. The maximum atomic E-state index is 14.0. The topological polar surface area (TPSA) is 83.5 Å². The van der Waals surface area contributed by atoms with Crippen LogP contribution in [0.2, 0.25) is 0 Å². The van der Waals surface area contributed by atoms with Gasteiger partial charge >= 0.3 is 5.97 Å². The Morgan fingerprint density at radius 2 is 1.55 bits per heavy atom. The van der Waals surface area contributed by atoms with Crippen LogP contribution in [0.5, 0.6) is 28.7 Å². The summed E-state index contributed by atoms with van der Waals surface area (Å²) in [6, 6.07) is 12.9. The summed E-state index contributed by atoms with van der Waals surface area (Å²) in [6.07, 6.45) is 2.18. The Kier molecular flexibility index (Phi) is 6.73. The number of carbonyl (C=O) groups excluding carboxylic acids is 1. The van der Waals surface area contributed by atoms with Gasteiger partial charge in [0.25, 0.3) is 0 Å². The van der Waals surface area contributed by atoms with Crippen molar-refractivity contribution in [3.8, 4) is 39.9 Å². The molecule has 0 aliphatic heterocycles. The van der Waals surface area contributed by atoms with Gasteiger partial charge in [-0.05, 0) is 72.6 Å². The number of aliphatic hydroxyl groups is 1. The zero-order chi connectivity index (χ0) is 27.2. The molecular weight excluding hydrogens is 484 g/mol. The number of rotatable bonds is 6. The highest BCUT2D eigenvalue weighted by Gasteiger charge is 2.48. The summed E-state index contributed by atoms with van der Waals surface area (Å²) < 4.78 is 29.3. The van der Waals surface area contributed by atoms with E-state index in [4.69, 9.17) is 23.7 Å². The van der Waals surface area contributed by atoms with E-state index in [9.17, 15) is 9.90 Å². The van der Waals surface area contributed by atoms with Gasteiger partial charge in [0.2, 0.25) is 5.75 Å². The fraction of sp³-hybridized carbons (Fsp3) is 0.387. The maximum Gasteiger partial charge on any atom is 0.321 e. The maximum absolute atomic E-state index is 14.0. The molecule has 7 nitrogen and oxygen atoms in total. The normalized spacial score (nSPS) is 21.4. The Morgan fingerprint density at radius 3 is 2.13 bits per heavy atom. The molecule has 0 aromatic heterocycles. The molecule has 3 aromatic carbocycles. The van der Waals surface area contributed by atoms with Gasteiger partial charge in [-0.15, -0.1) is 0 Å². The molecular formula is C31H34O7. The third-order valence-electron chi connectivity index (χ3n) is 8.13. The van der Waals surface area contributed by atoms with Crippen molar-refractivity contribution < 1.29 is 33.6 Å². The molecule has 5 rings (SSSR count). The van der Waals surface area contributed by atoms with Crippen molar-refractivity contribution in [3.05, 3.63) is 64.7 Å². The molecule has 0 unspecified atom stereocenters. The largest absolute Gasteiger partial charge is 0.496 e.